The minimum absolute atomic E-state index is 0.0359. The van der Waals surface area contributed by atoms with Gasteiger partial charge in [-0.1, -0.05) is 72.4 Å². The number of hydrogen-bond donors (Lipinski definition) is 0. The fraction of sp³-hybridized carbons (Fsp3) is 0.233. The minimum atomic E-state index is -4.77. The van der Waals surface area contributed by atoms with Crippen molar-refractivity contribution in [3.05, 3.63) is 95.8 Å². The number of para-hydroxylation sites is 1. The van der Waals surface area contributed by atoms with Gasteiger partial charge in [0.25, 0.3) is 0 Å². The van der Waals surface area contributed by atoms with Gasteiger partial charge in [0, 0.05) is 28.9 Å². The number of fused-ring (bicyclic) bond motifs is 1. The molecular weight excluding hydrogens is 540 g/mol. The summed E-state index contributed by atoms with van der Waals surface area (Å²) in [6, 6.07) is 22.9. The van der Waals surface area contributed by atoms with Gasteiger partial charge in [-0.05, 0) is 36.6 Å². The van der Waals surface area contributed by atoms with Crippen LogP contribution in [-0.2, 0) is 23.2 Å². The maximum absolute atomic E-state index is 14.7. The van der Waals surface area contributed by atoms with Crippen molar-refractivity contribution in [1.82, 2.24) is 19.7 Å². The number of rotatable bonds is 7. The molecule has 3 heterocycles. The van der Waals surface area contributed by atoms with E-state index in [1.54, 1.807) is 0 Å². The van der Waals surface area contributed by atoms with Crippen molar-refractivity contribution in [2.24, 2.45) is 0 Å². The Hall–Kier alpha value is -3.76. The molecule has 0 saturated carbocycles. The van der Waals surface area contributed by atoms with Crippen molar-refractivity contribution in [3.63, 3.8) is 0 Å². The van der Waals surface area contributed by atoms with Crippen LogP contribution >= 0.6 is 11.8 Å². The number of nitrogens with zero attached hydrogens (tertiary/aromatic N) is 4. The van der Waals surface area contributed by atoms with E-state index in [9.17, 15) is 17.6 Å². The normalized spacial score (nSPS) is 15.7. The molecule has 0 bridgehead atoms. The number of pyridine rings is 1. The van der Waals surface area contributed by atoms with Gasteiger partial charge in [0.05, 0.1) is 29.4 Å². The maximum atomic E-state index is 14.7. The quantitative estimate of drug-likeness (QED) is 0.149. The first kappa shape index (κ1) is 26.5. The molecule has 0 unspecified atom stereocenters. The fourth-order valence-corrected chi connectivity index (χ4v) is 5.84. The van der Waals surface area contributed by atoms with Gasteiger partial charge in [-0.2, -0.15) is 13.2 Å². The van der Waals surface area contributed by atoms with E-state index in [0.29, 0.717) is 24.1 Å². The Balaban J connectivity index is 1.42. The average Bonchev–Trinajstić information content (AvgIpc) is 3.62. The number of halogens is 4. The van der Waals surface area contributed by atoms with Gasteiger partial charge < -0.3 is 4.74 Å². The fourth-order valence-electron chi connectivity index (χ4n) is 4.92. The largest absolute Gasteiger partial charge is 0.419 e. The molecule has 0 amide bonds. The third kappa shape index (κ3) is 5.33. The van der Waals surface area contributed by atoms with Crippen LogP contribution in [0, 0.1) is 5.82 Å². The minimum Gasteiger partial charge on any atom is -0.376 e. The van der Waals surface area contributed by atoms with Crippen molar-refractivity contribution in [2.75, 3.05) is 6.61 Å². The predicted molar refractivity (Wildman–Crippen MR) is 146 cm³/mol. The van der Waals surface area contributed by atoms with E-state index in [4.69, 9.17) is 9.72 Å². The van der Waals surface area contributed by atoms with Gasteiger partial charge in [-0.15, -0.1) is 10.2 Å². The van der Waals surface area contributed by atoms with Crippen molar-refractivity contribution in [2.45, 2.75) is 42.6 Å². The lowest BCUT2D eigenvalue weighted by molar-refractivity contribution is -0.140. The molecule has 40 heavy (non-hydrogen) atoms. The summed E-state index contributed by atoms with van der Waals surface area (Å²) in [5, 5.41) is 10.3. The van der Waals surface area contributed by atoms with E-state index in [0.717, 1.165) is 58.4 Å². The van der Waals surface area contributed by atoms with Gasteiger partial charge in [0.15, 0.2) is 11.0 Å². The number of alkyl halides is 3. The van der Waals surface area contributed by atoms with Crippen LogP contribution < -0.4 is 0 Å². The van der Waals surface area contributed by atoms with Gasteiger partial charge in [0.1, 0.15) is 5.82 Å². The highest BCUT2D eigenvalue weighted by Crippen LogP contribution is 2.36. The van der Waals surface area contributed by atoms with E-state index in [-0.39, 0.29) is 17.4 Å². The standard InChI is InChI=1S/C30H24F4N4OS/c31-27-20(10-6-13-24(27)30(32,33)34)18-40-29-37-36-28(38(29)17-21-11-7-15-39-21)23-16-26(19-8-2-1-3-9-19)35-25-14-5-4-12-22(23)25/h1-6,8-10,12-14,16,21H,7,11,15,17-18H2/t21-/m1/s1. The summed E-state index contributed by atoms with van der Waals surface area (Å²) in [6.07, 6.45) is -3.01. The Morgan fingerprint density at radius 2 is 1.75 bits per heavy atom. The molecule has 2 aromatic heterocycles. The number of aromatic nitrogens is 4. The topological polar surface area (TPSA) is 52.8 Å². The van der Waals surface area contributed by atoms with E-state index < -0.39 is 17.6 Å². The highest BCUT2D eigenvalue weighted by Gasteiger charge is 2.35. The monoisotopic (exact) mass is 564 g/mol. The lowest BCUT2D eigenvalue weighted by atomic mass is 10.0. The van der Waals surface area contributed by atoms with Gasteiger partial charge in [0.2, 0.25) is 0 Å². The molecule has 1 aliphatic rings. The first-order valence-electron chi connectivity index (χ1n) is 12.9. The van der Waals surface area contributed by atoms with Crippen LogP contribution in [0.1, 0.15) is 24.0 Å². The molecule has 1 saturated heterocycles. The summed E-state index contributed by atoms with van der Waals surface area (Å²) in [5.41, 5.74) is 2.03. The second-order valence-electron chi connectivity index (χ2n) is 9.56. The summed E-state index contributed by atoms with van der Waals surface area (Å²) < 4.78 is 62.4. The summed E-state index contributed by atoms with van der Waals surface area (Å²) in [5.74, 6) is -0.704. The van der Waals surface area contributed by atoms with Crippen molar-refractivity contribution in [3.8, 4) is 22.6 Å². The predicted octanol–water partition coefficient (Wildman–Crippen LogP) is 7.79. The molecule has 3 aromatic carbocycles. The Bertz CT molecular complexity index is 1650. The number of thioether (sulfide) groups is 1. The average molecular weight is 565 g/mol. The van der Waals surface area contributed by atoms with Gasteiger partial charge in [-0.25, -0.2) is 9.37 Å². The zero-order valence-electron chi connectivity index (χ0n) is 21.2. The molecular formula is C30H24F4N4OS. The molecule has 5 aromatic rings. The summed E-state index contributed by atoms with van der Waals surface area (Å²) in [4.78, 5) is 4.86. The highest BCUT2D eigenvalue weighted by atomic mass is 32.2. The number of hydrogen-bond acceptors (Lipinski definition) is 5. The van der Waals surface area contributed by atoms with Crippen LogP contribution in [0.4, 0.5) is 17.6 Å². The third-order valence-corrected chi connectivity index (χ3v) is 7.91. The van der Waals surface area contributed by atoms with Crippen LogP contribution in [0.3, 0.4) is 0 Å². The van der Waals surface area contributed by atoms with Crippen LogP contribution in [0.15, 0.2) is 84.0 Å². The maximum Gasteiger partial charge on any atom is 0.419 e. The molecule has 5 nitrogen and oxygen atoms in total. The molecule has 0 spiro atoms. The van der Waals surface area contributed by atoms with Crippen LogP contribution in [-0.4, -0.2) is 32.5 Å². The summed E-state index contributed by atoms with van der Waals surface area (Å²) in [7, 11) is 0. The zero-order chi connectivity index (χ0) is 27.7. The lowest BCUT2D eigenvalue weighted by Crippen LogP contribution is -2.17. The zero-order valence-corrected chi connectivity index (χ0v) is 22.1. The first-order chi connectivity index (χ1) is 19.4. The second kappa shape index (κ2) is 11.0. The van der Waals surface area contributed by atoms with Crippen molar-refractivity contribution in [1.29, 1.82) is 0 Å². The Morgan fingerprint density at radius 1 is 0.950 bits per heavy atom. The summed E-state index contributed by atoms with van der Waals surface area (Å²) >= 11 is 1.15. The SMILES string of the molecule is Fc1c(CSc2nnc(-c3cc(-c4ccccc4)nc4ccccc34)n2C[C@H]2CCCO2)cccc1C(F)(F)F. The Labute approximate surface area is 232 Å². The number of ether oxygens (including phenoxy) is 1. The van der Waals surface area contributed by atoms with Crippen LogP contribution in [0.25, 0.3) is 33.5 Å². The second-order valence-corrected chi connectivity index (χ2v) is 10.5. The van der Waals surface area contributed by atoms with E-state index in [1.165, 1.54) is 12.1 Å². The first-order valence-corrected chi connectivity index (χ1v) is 13.8. The summed E-state index contributed by atoms with van der Waals surface area (Å²) in [6.45, 7) is 1.13. The molecule has 10 heteroatoms. The molecule has 1 aliphatic heterocycles. The number of benzene rings is 3. The smallest absolute Gasteiger partial charge is 0.376 e. The van der Waals surface area contributed by atoms with Crippen LogP contribution in [0.2, 0.25) is 0 Å². The van der Waals surface area contributed by atoms with E-state index in [1.807, 2.05) is 65.2 Å². The molecule has 0 radical (unpaired) electrons. The molecule has 1 fully saturated rings. The molecule has 0 N–H and O–H groups in total. The Kier molecular flexibility index (Phi) is 7.29. The molecule has 1 atom stereocenters. The van der Waals surface area contributed by atoms with Crippen LogP contribution in [0.5, 0.6) is 0 Å². The lowest BCUT2D eigenvalue weighted by Gasteiger charge is -2.16. The Morgan fingerprint density at radius 3 is 2.52 bits per heavy atom. The van der Waals surface area contributed by atoms with E-state index >= 15 is 0 Å². The highest BCUT2D eigenvalue weighted by molar-refractivity contribution is 7.98. The van der Waals surface area contributed by atoms with Crippen molar-refractivity contribution >= 4 is 22.7 Å². The molecule has 204 valence electrons. The van der Waals surface area contributed by atoms with Crippen molar-refractivity contribution < 1.29 is 22.3 Å². The van der Waals surface area contributed by atoms with Gasteiger partial charge in [-0.3, -0.25) is 4.57 Å². The third-order valence-electron chi connectivity index (χ3n) is 6.89. The van der Waals surface area contributed by atoms with Gasteiger partial charge >= 0.3 is 6.18 Å². The molecule has 0 aliphatic carbocycles. The molecule has 6 rings (SSSR count). The van der Waals surface area contributed by atoms with E-state index in [2.05, 4.69) is 10.2 Å².